The molecule has 0 atom stereocenters. The van der Waals surface area contributed by atoms with E-state index in [2.05, 4.69) is 15.3 Å². The predicted molar refractivity (Wildman–Crippen MR) is 85.8 cm³/mol. The summed E-state index contributed by atoms with van der Waals surface area (Å²) in [6.45, 7) is 0. The van der Waals surface area contributed by atoms with Gasteiger partial charge in [-0.25, -0.2) is 10.2 Å². The van der Waals surface area contributed by atoms with Gasteiger partial charge in [-0.2, -0.15) is 5.10 Å². The molecule has 0 saturated carbocycles. The number of ether oxygens (including phenoxy) is 2. The van der Waals surface area contributed by atoms with Crippen molar-refractivity contribution in [1.29, 1.82) is 0 Å². The number of carbonyl (C=O) groups is 2. The summed E-state index contributed by atoms with van der Waals surface area (Å²) in [4.78, 5) is 23.2. The Hall–Kier alpha value is -3.15. The van der Waals surface area contributed by atoms with Crippen molar-refractivity contribution >= 4 is 18.1 Å². The first-order valence-corrected chi connectivity index (χ1v) is 6.80. The molecule has 6 nitrogen and oxygen atoms in total. The number of rotatable bonds is 5. The molecule has 23 heavy (non-hydrogen) atoms. The van der Waals surface area contributed by atoms with Gasteiger partial charge >= 0.3 is 5.97 Å². The zero-order chi connectivity index (χ0) is 16.7. The quantitative estimate of drug-likeness (QED) is 0.522. The number of amides is 1. The summed E-state index contributed by atoms with van der Waals surface area (Å²) in [5.74, 6) is -0.0490. The van der Waals surface area contributed by atoms with E-state index in [-0.39, 0.29) is 5.91 Å². The van der Waals surface area contributed by atoms with Crippen LogP contribution in [0, 0.1) is 0 Å². The Balaban J connectivity index is 1.95. The smallest absolute Gasteiger partial charge is 0.337 e. The zero-order valence-electron chi connectivity index (χ0n) is 12.8. The number of methoxy groups -OCH3 is 2. The van der Waals surface area contributed by atoms with Crippen molar-refractivity contribution in [2.75, 3.05) is 14.2 Å². The maximum absolute atomic E-state index is 11.9. The Morgan fingerprint density at radius 3 is 2.13 bits per heavy atom. The Morgan fingerprint density at radius 1 is 0.957 bits per heavy atom. The van der Waals surface area contributed by atoms with Crippen LogP contribution in [-0.4, -0.2) is 32.3 Å². The molecule has 1 N–H and O–H groups in total. The van der Waals surface area contributed by atoms with E-state index < -0.39 is 5.97 Å². The molecular weight excluding hydrogens is 296 g/mol. The van der Waals surface area contributed by atoms with E-state index in [0.29, 0.717) is 16.9 Å². The Morgan fingerprint density at radius 2 is 1.57 bits per heavy atom. The summed E-state index contributed by atoms with van der Waals surface area (Å²) in [7, 11) is 2.89. The van der Waals surface area contributed by atoms with Crippen LogP contribution < -0.4 is 10.2 Å². The van der Waals surface area contributed by atoms with Crippen molar-refractivity contribution < 1.29 is 19.1 Å². The summed E-state index contributed by atoms with van der Waals surface area (Å²) in [5, 5.41) is 3.88. The van der Waals surface area contributed by atoms with E-state index in [4.69, 9.17) is 4.74 Å². The van der Waals surface area contributed by atoms with Crippen LogP contribution in [-0.2, 0) is 4.74 Å². The van der Waals surface area contributed by atoms with Crippen LogP contribution in [0.25, 0.3) is 0 Å². The van der Waals surface area contributed by atoms with Crippen LogP contribution in [0.1, 0.15) is 26.3 Å². The third-order valence-corrected chi connectivity index (χ3v) is 3.06. The van der Waals surface area contributed by atoms with Gasteiger partial charge in [-0.15, -0.1) is 0 Å². The molecule has 0 saturated heterocycles. The average molecular weight is 312 g/mol. The van der Waals surface area contributed by atoms with Crippen molar-refractivity contribution in [3.8, 4) is 5.75 Å². The monoisotopic (exact) mass is 312 g/mol. The van der Waals surface area contributed by atoms with Crippen LogP contribution in [0.2, 0.25) is 0 Å². The van der Waals surface area contributed by atoms with Crippen molar-refractivity contribution in [3.05, 3.63) is 65.2 Å². The molecule has 0 unspecified atom stereocenters. The highest BCUT2D eigenvalue weighted by Crippen LogP contribution is 2.11. The Kier molecular flexibility index (Phi) is 5.46. The zero-order valence-corrected chi connectivity index (χ0v) is 12.8. The summed E-state index contributed by atoms with van der Waals surface area (Å²) in [5.41, 5.74) is 4.10. The molecule has 118 valence electrons. The second-order valence-corrected chi connectivity index (χ2v) is 4.54. The third kappa shape index (κ3) is 4.41. The molecule has 0 bridgehead atoms. The van der Waals surface area contributed by atoms with Gasteiger partial charge in [0.2, 0.25) is 0 Å². The first kappa shape index (κ1) is 16.2. The fourth-order valence-corrected chi connectivity index (χ4v) is 1.80. The minimum absolute atomic E-state index is 0.324. The van der Waals surface area contributed by atoms with E-state index in [0.717, 1.165) is 5.56 Å². The molecule has 0 aromatic heterocycles. The lowest BCUT2D eigenvalue weighted by molar-refractivity contribution is 0.0600. The maximum Gasteiger partial charge on any atom is 0.337 e. The van der Waals surface area contributed by atoms with E-state index in [1.54, 1.807) is 55.6 Å². The molecule has 6 heteroatoms. The topological polar surface area (TPSA) is 77.0 Å². The van der Waals surface area contributed by atoms with Gasteiger partial charge in [-0.1, -0.05) is 12.1 Å². The lowest BCUT2D eigenvalue weighted by Gasteiger charge is -2.02. The van der Waals surface area contributed by atoms with E-state index in [9.17, 15) is 9.59 Å². The van der Waals surface area contributed by atoms with Crippen LogP contribution in [0.3, 0.4) is 0 Å². The first-order chi connectivity index (χ1) is 11.1. The summed E-state index contributed by atoms with van der Waals surface area (Å²) < 4.78 is 9.64. The molecule has 0 radical (unpaired) electrons. The molecule has 2 aromatic carbocycles. The standard InChI is InChI=1S/C17H16N2O4/c1-22-15-9-7-13(8-10-15)16(20)19-18-11-12-3-5-14(6-4-12)17(21)23-2/h3-11H,1-2H3,(H,19,20)/b18-11+. The van der Waals surface area contributed by atoms with Crippen LogP contribution in [0.15, 0.2) is 53.6 Å². The fourth-order valence-electron chi connectivity index (χ4n) is 1.80. The van der Waals surface area contributed by atoms with Crippen molar-refractivity contribution in [2.45, 2.75) is 0 Å². The molecule has 0 spiro atoms. The molecule has 1 amide bonds. The second kappa shape index (κ2) is 7.74. The van der Waals surface area contributed by atoms with Gasteiger partial charge in [-0.3, -0.25) is 4.79 Å². The molecule has 0 aliphatic heterocycles. The number of benzene rings is 2. The predicted octanol–water partition coefficient (Wildman–Crippen LogP) is 2.25. The van der Waals surface area contributed by atoms with Crippen molar-refractivity contribution in [1.82, 2.24) is 5.43 Å². The van der Waals surface area contributed by atoms with Gasteiger partial charge in [0.1, 0.15) is 5.75 Å². The molecule has 0 aliphatic rings. The molecule has 0 fully saturated rings. The fraction of sp³-hybridized carbons (Fsp3) is 0.118. The number of hydrogen-bond donors (Lipinski definition) is 1. The number of carbonyl (C=O) groups excluding carboxylic acids is 2. The van der Waals surface area contributed by atoms with E-state index >= 15 is 0 Å². The molecule has 0 heterocycles. The second-order valence-electron chi connectivity index (χ2n) is 4.54. The maximum atomic E-state index is 11.9. The SMILES string of the molecule is COC(=O)c1ccc(/C=N/NC(=O)c2ccc(OC)cc2)cc1. The van der Waals surface area contributed by atoms with E-state index in [1.165, 1.54) is 13.3 Å². The van der Waals surface area contributed by atoms with Crippen LogP contribution in [0.4, 0.5) is 0 Å². The van der Waals surface area contributed by atoms with Gasteiger partial charge in [0.15, 0.2) is 0 Å². The minimum atomic E-state index is -0.402. The molecular formula is C17H16N2O4. The van der Waals surface area contributed by atoms with Crippen molar-refractivity contribution in [2.24, 2.45) is 5.10 Å². The van der Waals surface area contributed by atoms with Crippen LogP contribution >= 0.6 is 0 Å². The molecule has 2 aromatic rings. The molecule has 0 aliphatic carbocycles. The van der Waals surface area contributed by atoms with Crippen molar-refractivity contribution in [3.63, 3.8) is 0 Å². The highest BCUT2D eigenvalue weighted by molar-refractivity contribution is 5.95. The number of nitrogens with zero attached hydrogens (tertiary/aromatic N) is 1. The summed E-state index contributed by atoms with van der Waals surface area (Å²) in [6.07, 6.45) is 1.49. The van der Waals surface area contributed by atoms with E-state index in [1.807, 2.05) is 0 Å². The number of nitrogens with one attached hydrogen (secondary N) is 1. The van der Waals surface area contributed by atoms with Gasteiger partial charge in [-0.05, 0) is 42.0 Å². The number of esters is 1. The highest BCUT2D eigenvalue weighted by Gasteiger charge is 2.05. The van der Waals surface area contributed by atoms with Gasteiger partial charge in [0, 0.05) is 5.56 Å². The third-order valence-electron chi connectivity index (χ3n) is 3.06. The Bertz CT molecular complexity index is 706. The lowest BCUT2D eigenvalue weighted by atomic mass is 10.1. The summed E-state index contributed by atoms with van der Waals surface area (Å²) in [6, 6.07) is 13.3. The molecule has 2 rings (SSSR count). The largest absolute Gasteiger partial charge is 0.497 e. The minimum Gasteiger partial charge on any atom is -0.497 e. The van der Waals surface area contributed by atoms with Gasteiger partial charge < -0.3 is 9.47 Å². The van der Waals surface area contributed by atoms with Crippen LogP contribution in [0.5, 0.6) is 5.75 Å². The van der Waals surface area contributed by atoms with Gasteiger partial charge in [0.05, 0.1) is 26.0 Å². The number of hydrazone groups is 1. The highest BCUT2D eigenvalue weighted by atomic mass is 16.5. The first-order valence-electron chi connectivity index (χ1n) is 6.80. The average Bonchev–Trinajstić information content (AvgIpc) is 2.61. The normalized spacial score (nSPS) is 10.3. The Labute approximate surface area is 133 Å². The lowest BCUT2D eigenvalue weighted by Crippen LogP contribution is -2.17. The summed E-state index contributed by atoms with van der Waals surface area (Å²) >= 11 is 0. The van der Waals surface area contributed by atoms with Gasteiger partial charge in [0.25, 0.3) is 5.91 Å². The number of hydrogen-bond acceptors (Lipinski definition) is 5.